The Labute approximate surface area is 157 Å². The molecule has 0 bridgehead atoms. The number of nitrogens with zero attached hydrogens (tertiary/aromatic N) is 2. The van der Waals surface area contributed by atoms with Crippen LogP contribution in [0.4, 0.5) is 0 Å². The molecule has 1 aromatic rings. The van der Waals surface area contributed by atoms with Gasteiger partial charge in [-0.3, -0.25) is 9.89 Å². The van der Waals surface area contributed by atoms with Gasteiger partial charge < -0.3 is 20.1 Å². The number of hydrogen-bond donors (Lipinski definition) is 2. The first-order valence-corrected chi connectivity index (χ1v) is 9.91. The third kappa shape index (κ3) is 5.88. The maximum Gasteiger partial charge on any atom is 0.191 e. The molecule has 0 amide bonds. The predicted molar refractivity (Wildman–Crippen MR) is 105 cm³/mol. The lowest BCUT2D eigenvalue weighted by molar-refractivity contribution is -0.0432. The quantitative estimate of drug-likeness (QED) is 0.421. The zero-order valence-corrected chi connectivity index (χ0v) is 15.8. The van der Waals surface area contributed by atoms with Crippen molar-refractivity contribution in [3.05, 3.63) is 30.3 Å². The third-order valence-corrected chi connectivity index (χ3v) is 4.88. The van der Waals surface area contributed by atoms with Crippen LogP contribution in [0.5, 0.6) is 5.75 Å². The Morgan fingerprint density at radius 3 is 3.04 bits per heavy atom. The topological polar surface area (TPSA) is 58.1 Å². The van der Waals surface area contributed by atoms with E-state index in [0.29, 0.717) is 19.2 Å². The zero-order chi connectivity index (χ0) is 18.0. The van der Waals surface area contributed by atoms with Gasteiger partial charge in [0.15, 0.2) is 5.96 Å². The molecule has 2 aliphatic rings. The summed E-state index contributed by atoms with van der Waals surface area (Å²) in [5.41, 5.74) is 0. The zero-order valence-electron chi connectivity index (χ0n) is 15.8. The van der Waals surface area contributed by atoms with Crippen molar-refractivity contribution < 1.29 is 9.47 Å². The number of nitrogens with one attached hydrogen (secondary N) is 2. The molecule has 0 spiro atoms. The molecular weight excluding hydrogens is 328 g/mol. The van der Waals surface area contributed by atoms with Gasteiger partial charge in [-0.2, -0.15) is 0 Å². The highest BCUT2D eigenvalue weighted by Gasteiger charge is 2.31. The number of hydrogen-bond acceptors (Lipinski definition) is 4. The Morgan fingerprint density at radius 2 is 2.19 bits per heavy atom. The Kier molecular flexibility index (Phi) is 7.58. The molecule has 26 heavy (non-hydrogen) atoms. The van der Waals surface area contributed by atoms with E-state index in [9.17, 15) is 0 Å². The van der Waals surface area contributed by atoms with Gasteiger partial charge in [0.2, 0.25) is 0 Å². The molecule has 2 fully saturated rings. The van der Waals surface area contributed by atoms with Crippen LogP contribution in [-0.2, 0) is 4.74 Å². The third-order valence-electron chi connectivity index (χ3n) is 4.88. The van der Waals surface area contributed by atoms with E-state index < -0.39 is 0 Å². The van der Waals surface area contributed by atoms with Crippen LogP contribution in [0, 0.1) is 0 Å². The molecule has 0 aromatic heterocycles. The van der Waals surface area contributed by atoms with Gasteiger partial charge in [-0.15, -0.1) is 0 Å². The molecule has 3 rings (SSSR count). The van der Waals surface area contributed by atoms with Crippen molar-refractivity contribution in [3.8, 4) is 5.75 Å². The average molecular weight is 361 g/mol. The highest BCUT2D eigenvalue weighted by Crippen LogP contribution is 2.22. The standard InChI is InChI=1S/C20H32N4O2/c1-2-21-20(22-11-7-13-25-18-9-4-3-5-10-18)23-14-19-15-24-12-6-8-17(24)16-26-19/h3-5,9-10,17,19H,2,6-8,11-16H2,1H3,(H2,21,22,23). The number of para-hydroxylation sites is 1. The van der Waals surface area contributed by atoms with Gasteiger partial charge in [0.1, 0.15) is 5.75 Å². The molecule has 6 heteroatoms. The van der Waals surface area contributed by atoms with E-state index >= 15 is 0 Å². The molecule has 2 saturated heterocycles. The van der Waals surface area contributed by atoms with E-state index in [-0.39, 0.29) is 6.10 Å². The van der Waals surface area contributed by atoms with Crippen molar-refractivity contribution in [1.82, 2.24) is 15.5 Å². The fourth-order valence-electron chi connectivity index (χ4n) is 3.52. The van der Waals surface area contributed by atoms with Gasteiger partial charge in [-0.25, -0.2) is 0 Å². The van der Waals surface area contributed by atoms with Crippen LogP contribution in [0.25, 0.3) is 0 Å². The van der Waals surface area contributed by atoms with Crippen molar-refractivity contribution in [2.24, 2.45) is 4.99 Å². The minimum Gasteiger partial charge on any atom is -0.494 e. The lowest BCUT2D eigenvalue weighted by Gasteiger charge is -2.34. The summed E-state index contributed by atoms with van der Waals surface area (Å²) in [7, 11) is 0. The normalized spacial score (nSPS) is 23.5. The lowest BCUT2D eigenvalue weighted by Crippen LogP contribution is -2.47. The average Bonchev–Trinajstić information content (AvgIpc) is 3.14. The van der Waals surface area contributed by atoms with Gasteiger partial charge in [0.25, 0.3) is 0 Å². The van der Waals surface area contributed by atoms with Gasteiger partial charge in [0.05, 0.1) is 25.9 Å². The largest absolute Gasteiger partial charge is 0.494 e. The van der Waals surface area contributed by atoms with Gasteiger partial charge in [-0.1, -0.05) is 18.2 Å². The summed E-state index contributed by atoms with van der Waals surface area (Å²) in [4.78, 5) is 7.27. The highest BCUT2D eigenvalue weighted by atomic mass is 16.5. The van der Waals surface area contributed by atoms with E-state index in [1.807, 2.05) is 30.3 Å². The van der Waals surface area contributed by atoms with Crippen molar-refractivity contribution >= 4 is 5.96 Å². The lowest BCUT2D eigenvalue weighted by atomic mass is 10.2. The minimum absolute atomic E-state index is 0.209. The van der Waals surface area contributed by atoms with Crippen LogP contribution >= 0.6 is 0 Å². The van der Waals surface area contributed by atoms with Crippen LogP contribution in [0.1, 0.15) is 26.2 Å². The van der Waals surface area contributed by atoms with Crippen molar-refractivity contribution in [2.45, 2.75) is 38.3 Å². The molecule has 144 valence electrons. The monoisotopic (exact) mass is 360 g/mol. The van der Waals surface area contributed by atoms with E-state index in [4.69, 9.17) is 14.5 Å². The number of rotatable bonds is 8. The van der Waals surface area contributed by atoms with E-state index in [2.05, 4.69) is 22.5 Å². The Bertz CT molecular complexity index is 552. The maximum atomic E-state index is 5.99. The van der Waals surface area contributed by atoms with E-state index in [1.165, 1.54) is 19.4 Å². The smallest absolute Gasteiger partial charge is 0.191 e. The molecule has 0 radical (unpaired) electrons. The molecule has 2 heterocycles. The fourth-order valence-corrected chi connectivity index (χ4v) is 3.52. The number of ether oxygens (including phenoxy) is 2. The minimum atomic E-state index is 0.209. The summed E-state index contributed by atoms with van der Waals surface area (Å²) in [5, 5.41) is 6.69. The first kappa shape index (κ1) is 19.0. The molecule has 2 N–H and O–H groups in total. The molecule has 2 unspecified atom stereocenters. The first-order valence-electron chi connectivity index (χ1n) is 9.91. The SMILES string of the molecule is CCNC(=NCC1CN2CCCC2CO1)NCCCOc1ccccc1. The Balaban J connectivity index is 1.35. The number of aliphatic imine (C=N–C) groups is 1. The Hall–Kier alpha value is -1.79. The second-order valence-corrected chi connectivity index (χ2v) is 6.91. The van der Waals surface area contributed by atoms with Gasteiger partial charge in [0, 0.05) is 25.7 Å². The van der Waals surface area contributed by atoms with Crippen LogP contribution in [-0.4, -0.2) is 68.9 Å². The highest BCUT2D eigenvalue weighted by molar-refractivity contribution is 5.79. The summed E-state index contributed by atoms with van der Waals surface area (Å²) in [6.45, 7) is 8.26. The van der Waals surface area contributed by atoms with E-state index in [0.717, 1.165) is 44.4 Å². The second-order valence-electron chi connectivity index (χ2n) is 6.91. The van der Waals surface area contributed by atoms with E-state index in [1.54, 1.807) is 0 Å². The Morgan fingerprint density at radius 1 is 1.31 bits per heavy atom. The fraction of sp³-hybridized carbons (Fsp3) is 0.650. The van der Waals surface area contributed by atoms with Crippen molar-refractivity contribution in [3.63, 3.8) is 0 Å². The summed E-state index contributed by atoms with van der Waals surface area (Å²) >= 11 is 0. The van der Waals surface area contributed by atoms with Gasteiger partial charge in [-0.05, 0) is 44.9 Å². The summed E-state index contributed by atoms with van der Waals surface area (Å²) < 4.78 is 11.7. The maximum absolute atomic E-state index is 5.99. The van der Waals surface area contributed by atoms with Crippen LogP contribution in [0.2, 0.25) is 0 Å². The molecule has 6 nitrogen and oxygen atoms in total. The van der Waals surface area contributed by atoms with Gasteiger partial charge >= 0.3 is 0 Å². The summed E-state index contributed by atoms with van der Waals surface area (Å²) in [6.07, 6.45) is 3.72. The summed E-state index contributed by atoms with van der Waals surface area (Å²) in [5.74, 6) is 1.78. The number of benzene rings is 1. The molecular formula is C20H32N4O2. The van der Waals surface area contributed by atoms with Crippen LogP contribution < -0.4 is 15.4 Å². The van der Waals surface area contributed by atoms with Crippen molar-refractivity contribution in [2.75, 3.05) is 45.9 Å². The molecule has 2 aliphatic heterocycles. The molecule has 2 atom stereocenters. The molecule has 0 aliphatic carbocycles. The van der Waals surface area contributed by atoms with Crippen LogP contribution in [0.15, 0.2) is 35.3 Å². The number of morpholine rings is 1. The molecule has 0 saturated carbocycles. The first-order chi connectivity index (χ1) is 12.8. The van der Waals surface area contributed by atoms with Crippen molar-refractivity contribution in [1.29, 1.82) is 0 Å². The molecule has 1 aromatic carbocycles. The predicted octanol–water partition coefficient (Wildman–Crippen LogP) is 1.87. The second kappa shape index (κ2) is 10.4. The summed E-state index contributed by atoms with van der Waals surface area (Å²) in [6, 6.07) is 10.6. The number of fused-ring (bicyclic) bond motifs is 1. The number of guanidine groups is 1. The van der Waals surface area contributed by atoms with Crippen LogP contribution in [0.3, 0.4) is 0 Å².